The first-order valence-electron chi connectivity index (χ1n) is 4.63. The molecule has 1 saturated carbocycles. The second-order valence-corrected chi connectivity index (χ2v) is 3.48. The Labute approximate surface area is 82.5 Å². The van der Waals surface area contributed by atoms with E-state index in [9.17, 15) is 4.79 Å². The molecule has 1 aromatic rings. The quantitative estimate of drug-likeness (QED) is 0.366. The molecule has 0 bridgehead atoms. The topological polar surface area (TPSA) is 67.1 Å². The number of benzene rings is 1. The van der Waals surface area contributed by atoms with Crippen molar-refractivity contribution in [1.82, 2.24) is 10.7 Å². The van der Waals surface area contributed by atoms with Crippen molar-refractivity contribution in [2.75, 3.05) is 0 Å². The molecule has 0 heterocycles. The number of hydrogen-bond acceptors (Lipinski definition) is 2. The Bertz CT molecular complexity index is 325. The molecule has 0 spiro atoms. The summed E-state index contributed by atoms with van der Waals surface area (Å²) in [6.07, 6.45) is 0.997. The largest absolute Gasteiger partial charge is 0.334 e. The number of carbonyl (C=O) groups excluding carboxylic acids is 1. The molecule has 2 rings (SSSR count). The zero-order valence-electron chi connectivity index (χ0n) is 7.73. The number of hydrazine groups is 1. The van der Waals surface area contributed by atoms with Crippen LogP contribution in [0.3, 0.4) is 0 Å². The third-order valence-electron chi connectivity index (χ3n) is 2.47. The third kappa shape index (κ3) is 1.85. The number of nitrogens with two attached hydrogens (primary N) is 1. The van der Waals surface area contributed by atoms with Gasteiger partial charge in [-0.1, -0.05) is 30.3 Å². The average molecular weight is 191 g/mol. The molecule has 0 radical (unpaired) electrons. The van der Waals surface area contributed by atoms with E-state index in [0.717, 1.165) is 6.42 Å². The molecule has 4 heteroatoms. The number of rotatable bonds is 2. The van der Waals surface area contributed by atoms with Gasteiger partial charge in [-0.25, -0.2) is 10.6 Å². The smallest absolute Gasteiger partial charge is 0.329 e. The van der Waals surface area contributed by atoms with E-state index in [2.05, 4.69) is 22.9 Å². The van der Waals surface area contributed by atoms with Crippen molar-refractivity contribution in [3.63, 3.8) is 0 Å². The maximum Gasteiger partial charge on any atom is 0.329 e. The number of hydrogen-bond donors (Lipinski definition) is 3. The molecule has 4 nitrogen and oxygen atoms in total. The van der Waals surface area contributed by atoms with Gasteiger partial charge in [0.1, 0.15) is 0 Å². The molecule has 4 N–H and O–H groups in total. The molecule has 74 valence electrons. The Morgan fingerprint density at radius 3 is 2.71 bits per heavy atom. The first kappa shape index (κ1) is 9.02. The molecular weight excluding hydrogens is 178 g/mol. The minimum absolute atomic E-state index is 0.237. The van der Waals surface area contributed by atoms with Crippen LogP contribution in [0.4, 0.5) is 4.79 Å². The summed E-state index contributed by atoms with van der Waals surface area (Å²) in [6, 6.07) is 10.1. The van der Waals surface area contributed by atoms with Crippen molar-refractivity contribution in [2.24, 2.45) is 5.84 Å². The lowest BCUT2D eigenvalue weighted by molar-refractivity contribution is 0.240. The van der Waals surface area contributed by atoms with Gasteiger partial charge in [0.25, 0.3) is 0 Å². The summed E-state index contributed by atoms with van der Waals surface area (Å²) < 4.78 is 0. The third-order valence-corrected chi connectivity index (χ3v) is 2.47. The first-order chi connectivity index (χ1) is 6.81. The van der Waals surface area contributed by atoms with Crippen LogP contribution in [0.15, 0.2) is 30.3 Å². The van der Waals surface area contributed by atoms with Gasteiger partial charge < -0.3 is 5.32 Å². The van der Waals surface area contributed by atoms with E-state index in [1.54, 1.807) is 0 Å². The Morgan fingerprint density at radius 1 is 1.36 bits per heavy atom. The van der Waals surface area contributed by atoms with Crippen molar-refractivity contribution < 1.29 is 4.79 Å². The zero-order chi connectivity index (χ0) is 9.97. The number of carbonyl (C=O) groups is 1. The maximum atomic E-state index is 10.9. The first-order valence-corrected chi connectivity index (χ1v) is 4.63. The summed E-state index contributed by atoms with van der Waals surface area (Å²) in [7, 11) is 0. The molecule has 2 atom stereocenters. The Kier molecular flexibility index (Phi) is 2.37. The maximum absolute atomic E-state index is 10.9. The molecule has 1 aromatic carbocycles. The van der Waals surface area contributed by atoms with Crippen LogP contribution in [0.25, 0.3) is 0 Å². The van der Waals surface area contributed by atoms with Gasteiger partial charge in [0, 0.05) is 12.0 Å². The number of urea groups is 1. The fourth-order valence-corrected chi connectivity index (χ4v) is 1.63. The standard InChI is InChI=1S/C10H13N3O/c11-13-10(14)12-9-6-8(9)7-4-2-1-3-5-7/h1-5,8-9H,6,11H2,(H2,12,13,14). The van der Waals surface area contributed by atoms with Gasteiger partial charge in [0.15, 0.2) is 0 Å². The van der Waals surface area contributed by atoms with Crippen molar-refractivity contribution in [3.05, 3.63) is 35.9 Å². The second kappa shape index (κ2) is 3.67. The molecular formula is C10H13N3O. The van der Waals surface area contributed by atoms with Crippen LogP contribution < -0.4 is 16.6 Å². The van der Waals surface area contributed by atoms with Gasteiger partial charge in [-0.3, -0.25) is 5.43 Å². The van der Waals surface area contributed by atoms with Gasteiger partial charge in [0.2, 0.25) is 0 Å². The SMILES string of the molecule is NNC(=O)NC1CC1c1ccccc1. The summed E-state index contributed by atoms with van der Waals surface area (Å²) in [5.74, 6) is 5.42. The van der Waals surface area contributed by atoms with Crippen molar-refractivity contribution in [3.8, 4) is 0 Å². The van der Waals surface area contributed by atoms with E-state index in [0.29, 0.717) is 5.92 Å². The number of amides is 2. The van der Waals surface area contributed by atoms with E-state index in [1.807, 2.05) is 18.2 Å². The summed E-state index contributed by atoms with van der Waals surface area (Å²) in [5, 5.41) is 2.78. The van der Waals surface area contributed by atoms with Crippen LogP contribution in [-0.2, 0) is 0 Å². The van der Waals surface area contributed by atoms with Gasteiger partial charge in [-0.05, 0) is 12.0 Å². The fourth-order valence-electron chi connectivity index (χ4n) is 1.63. The average Bonchev–Trinajstić information content (AvgIpc) is 2.98. The van der Waals surface area contributed by atoms with Crippen LogP contribution in [0.2, 0.25) is 0 Å². The Balaban J connectivity index is 1.91. The van der Waals surface area contributed by atoms with Gasteiger partial charge >= 0.3 is 6.03 Å². The Hall–Kier alpha value is -1.55. The van der Waals surface area contributed by atoms with E-state index < -0.39 is 0 Å². The highest BCUT2D eigenvalue weighted by molar-refractivity contribution is 5.74. The lowest BCUT2D eigenvalue weighted by Crippen LogP contribution is -2.41. The van der Waals surface area contributed by atoms with Crippen molar-refractivity contribution >= 4 is 6.03 Å². The van der Waals surface area contributed by atoms with Crippen LogP contribution in [0, 0.1) is 0 Å². The highest BCUT2D eigenvalue weighted by Crippen LogP contribution is 2.40. The zero-order valence-corrected chi connectivity index (χ0v) is 7.73. The minimum atomic E-state index is -0.312. The van der Waals surface area contributed by atoms with Gasteiger partial charge in [-0.15, -0.1) is 0 Å². The predicted octanol–water partition coefficient (Wildman–Crippen LogP) is 0.715. The lowest BCUT2D eigenvalue weighted by atomic mass is 10.1. The normalized spacial score (nSPS) is 24.1. The summed E-state index contributed by atoms with van der Waals surface area (Å²) >= 11 is 0. The van der Waals surface area contributed by atoms with Crippen LogP contribution in [0.5, 0.6) is 0 Å². The second-order valence-electron chi connectivity index (χ2n) is 3.48. The fraction of sp³-hybridized carbons (Fsp3) is 0.300. The van der Waals surface area contributed by atoms with Crippen LogP contribution >= 0.6 is 0 Å². The van der Waals surface area contributed by atoms with Crippen LogP contribution in [-0.4, -0.2) is 12.1 Å². The molecule has 14 heavy (non-hydrogen) atoms. The predicted molar refractivity (Wildman–Crippen MR) is 53.4 cm³/mol. The van der Waals surface area contributed by atoms with Crippen LogP contribution in [0.1, 0.15) is 17.9 Å². The summed E-state index contributed by atoms with van der Waals surface area (Å²) in [6.45, 7) is 0. The summed E-state index contributed by atoms with van der Waals surface area (Å²) in [5.41, 5.74) is 3.33. The lowest BCUT2D eigenvalue weighted by Gasteiger charge is -2.02. The van der Waals surface area contributed by atoms with Crippen molar-refractivity contribution in [2.45, 2.75) is 18.4 Å². The highest BCUT2D eigenvalue weighted by atomic mass is 16.2. The minimum Gasteiger partial charge on any atom is -0.334 e. The molecule has 1 aliphatic carbocycles. The molecule has 1 fully saturated rings. The molecule has 0 aromatic heterocycles. The molecule has 2 unspecified atom stereocenters. The van der Waals surface area contributed by atoms with Gasteiger partial charge in [-0.2, -0.15) is 0 Å². The van der Waals surface area contributed by atoms with E-state index >= 15 is 0 Å². The highest BCUT2D eigenvalue weighted by Gasteiger charge is 2.39. The molecule has 1 aliphatic rings. The number of nitrogens with one attached hydrogen (secondary N) is 2. The monoisotopic (exact) mass is 191 g/mol. The van der Waals surface area contributed by atoms with E-state index in [-0.39, 0.29) is 12.1 Å². The molecule has 0 aliphatic heterocycles. The Morgan fingerprint density at radius 2 is 2.07 bits per heavy atom. The van der Waals surface area contributed by atoms with E-state index in [1.165, 1.54) is 5.56 Å². The molecule has 2 amide bonds. The molecule has 0 saturated heterocycles. The summed E-state index contributed by atoms with van der Waals surface area (Å²) in [4.78, 5) is 10.9. The van der Waals surface area contributed by atoms with Gasteiger partial charge in [0.05, 0.1) is 0 Å². The van der Waals surface area contributed by atoms with E-state index in [4.69, 9.17) is 5.84 Å². The van der Waals surface area contributed by atoms with Crippen molar-refractivity contribution in [1.29, 1.82) is 0 Å².